The first kappa shape index (κ1) is 22.8. The van der Waals surface area contributed by atoms with Crippen LogP contribution < -0.4 is 11.3 Å². The Morgan fingerprint density at radius 1 is 1.26 bits per heavy atom. The van der Waals surface area contributed by atoms with Crippen LogP contribution in [0.4, 0.5) is 5.95 Å². The van der Waals surface area contributed by atoms with Gasteiger partial charge in [-0.3, -0.25) is 23.7 Å². The second-order valence-corrected chi connectivity index (χ2v) is 8.63. The van der Waals surface area contributed by atoms with E-state index in [2.05, 4.69) is 15.0 Å². The zero-order valence-electron chi connectivity index (χ0n) is 17.0. The summed E-state index contributed by atoms with van der Waals surface area (Å²) in [6, 6.07) is 9.18. The van der Waals surface area contributed by atoms with Crippen molar-refractivity contribution in [2.75, 3.05) is 25.3 Å². The molecule has 31 heavy (non-hydrogen) atoms. The van der Waals surface area contributed by atoms with E-state index in [-0.39, 0.29) is 56.4 Å². The number of Topliss-reactive ketones (excluding diaryl/α,β-unsaturated/α-hetero) is 1. The van der Waals surface area contributed by atoms with Crippen molar-refractivity contribution in [1.82, 2.24) is 19.5 Å². The van der Waals surface area contributed by atoms with Gasteiger partial charge < -0.3 is 19.6 Å². The molecule has 0 aliphatic rings. The third-order valence-electron chi connectivity index (χ3n) is 4.31. The number of aromatic nitrogens is 4. The lowest BCUT2D eigenvalue weighted by Crippen LogP contribution is -2.14. The van der Waals surface area contributed by atoms with Gasteiger partial charge in [-0.25, -0.2) is 4.98 Å². The number of ketones is 1. The molecule has 1 unspecified atom stereocenters. The van der Waals surface area contributed by atoms with Crippen LogP contribution >= 0.6 is 7.60 Å². The molecular weight excluding hydrogens is 425 g/mol. The van der Waals surface area contributed by atoms with Gasteiger partial charge in [-0.15, -0.1) is 0 Å². The molecule has 0 bridgehead atoms. The second-order valence-electron chi connectivity index (χ2n) is 6.63. The van der Waals surface area contributed by atoms with Crippen molar-refractivity contribution in [2.24, 2.45) is 0 Å². The summed E-state index contributed by atoms with van der Waals surface area (Å²) in [5, 5.41) is 0. The maximum absolute atomic E-state index is 13.1. The molecule has 0 saturated carbocycles. The number of H-pyrrole nitrogens is 1. The minimum atomic E-state index is -3.68. The van der Waals surface area contributed by atoms with Gasteiger partial charge in [0.05, 0.1) is 19.5 Å². The number of ether oxygens (including phenoxy) is 1. The van der Waals surface area contributed by atoms with Crippen LogP contribution in [0.25, 0.3) is 11.2 Å². The highest BCUT2D eigenvalue weighted by molar-refractivity contribution is 7.53. The van der Waals surface area contributed by atoms with E-state index in [0.29, 0.717) is 5.65 Å². The largest absolute Gasteiger partial charge is 0.369 e. The Kier molecular flexibility index (Phi) is 7.69. The van der Waals surface area contributed by atoms with Crippen molar-refractivity contribution in [1.29, 1.82) is 0 Å². The van der Waals surface area contributed by atoms with Gasteiger partial charge in [-0.1, -0.05) is 37.3 Å². The van der Waals surface area contributed by atoms with Crippen LogP contribution in [0, 0.1) is 0 Å². The van der Waals surface area contributed by atoms with Gasteiger partial charge in [-0.2, -0.15) is 4.98 Å². The standard InChI is InChI=1S/C19H24N5O6P/c1-2-15(25)11-30-31(27,29-10-14-6-4-3-5-7-14)13-28-9-8-24-12-21-16-17(24)22-19(20)23-18(16)26/h3-7,12H,2,8-11,13H2,1H3,(H3,20,22,23,26). The molecule has 3 N–H and O–H groups in total. The fourth-order valence-corrected chi connectivity index (χ4v) is 3.87. The summed E-state index contributed by atoms with van der Waals surface area (Å²) in [5.74, 6) is -0.213. The van der Waals surface area contributed by atoms with Gasteiger partial charge in [0.15, 0.2) is 16.9 Å². The highest BCUT2D eigenvalue weighted by atomic mass is 31.2. The van der Waals surface area contributed by atoms with Crippen molar-refractivity contribution >= 4 is 30.5 Å². The van der Waals surface area contributed by atoms with E-state index in [1.807, 2.05) is 30.3 Å². The van der Waals surface area contributed by atoms with Crippen molar-refractivity contribution in [3.63, 3.8) is 0 Å². The highest BCUT2D eigenvalue weighted by Gasteiger charge is 2.26. The number of imidazole rings is 1. The molecular formula is C19H24N5O6P. The van der Waals surface area contributed by atoms with Gasteiger partial charge in [0.1, 0.15) is 13.0 Å². The smallest absolute Gasteiger partial charge is 0.356 e. The minimum Gasteiger partial charge on any atom is -0.369 e. The third-order valence-corrected chi connectivity index (χ3v) is 5.85. The summed E-state index contributed by atoms with van der Waals surface area (Å²) in [5.41, 5.74) is 6.43. The number of aromatic amines is 1. The number of anilines is 1. The molecule has 166 valence electrons. The Morgan fingerprint density at radius 3 is 2.77 bits per heavy atom. The predicted molar refractivity (Wildman–Crippen MR) is 113 cm³/mol. The van der Waals surface area contributed by atoms with Gasteiger partial charge in [-0.05, 0) is 5.56 Å². The predicted octanol–water partition coefficient (Wildman–Crippen LogP) is 2.08. The highest BCUT2D eigenvalue weighted by Crippen LogP contribution is 2.48. The molecule has 3 rings (SSSR count). The van der Waals surface area contributed by atoms with E-state index in [0.717, 1.165) is 5.56 Å². The lowest BCUT2D eigenvalue weighted by atomic mass is 10.2. The van der Waals surface area contributed by atoms with Gasteiger partial charge in [0.2, 0.25) is 5.95 Å². The van der Waals surface area contributed by atoms with Crippen LogP contribution in [0.15, 0.2) is 41.5 Å². The number of nitrogens with two attached hydrogens (primary N) is 1. The third kappa shape index (κ3) is 6.31. The summed E-state index contributed by atoms with van der Waals surface area (Å²) in [4.78, 5) is 33.9. The van der Waals surface area contributed by atoms with Gasteiger partial charge >= 0.3 is 7.60 Å². The van der Waals surface area contributed by atoms with Crippen molar-refractivity contribution in [3.05, 3.63) is 52.6 Å². The lowest BCUT2D eigenvalue weighted by molar-refractivity contribution is -0.121. The zero-order chi connectivity index (χ0) is 22.3. The maximum atomic E-state index is 13.1. The van der Waals surface area contributed by atoms with Crippen LogP contribution in [-0.2, 0) is 36.3 Å². The molecule has 0 aliphatic carbocycles. The molecule has 0 saturated heterocycles. The van der Waals surface area contributed by atoms with E-state index in [9.17, 15) is 14.2 Å². The summed E-state index contributed by atoms with van der Waals surface area (Å²) >= 11 is 0. The first-order valence-electron chi connectivity index (χ1n) is 9.62. The van der Waals surface area contributed by atoms with Crippen molar-refractivity contribution < 1.29 is 23.1 Å². The summed E-state index contributed by atoms with van der Waals surface area (Å²) in [6.45, 7) is 1.83. The molecule has 0 fully saturated rings. The Balaban J connectivity index is 1.59. The molecule has 1 atom stereocenters. The van der Waals surface area contributed by atoms with Gasteiger partial charge in [0, 0.05) is 13.0 Å². The van der Waals surface area contributed by atoms with Crippen LogP contribution in [0.2, 0.25) is 0 Å². The molecule has 0 radical (unpaired) electrons. The van der Waals surface area contributed by atoms with Crippen LogP contribution in [-0.4, -0.2) is 44.9 Å². The number of fused-ring (bicyclic) bond motifs is 1. The summed E-state index contributed by atoms with van der Waals surface area (Å²) in [6.07, 6.45) is 1.37. The average molecular weight is 449 g/mol. The van der Waals surface area contributed by atoms with Crippen LogP contribution in [0.5, 0.6) is 0 Å². The fraction of sp³-hybridized carbons (Fsp3) is 0.368. The van der Waals surface area contributed by atoms with Crippen molar-refractivity contribution in [2.45, 2.75) is 26.5 Å². The Bertz CT molecular complexity index is 1130. The Hall–Kier alpha value is -2.85. The van der Waals surface area contributed by atoms with Crippen molar-refractivity contribution in [3.8, 4) is 0 Å². The van der Waals surface area contributed by atoms with Crippen LogP contribution in [0.3, 0.4) is 0 Å². The molecule has 0 amide bonds. The second kappa shape index (κ2) is 10.5. The molecule has 11 nitrogen and oxygen atoms in total. The number of carbonyl (C=O) groups excluding carboxylic acids is 1. The summed E-state index contributed by atoms with van der Waals surface area (Å²) < 4.78 is 31.0. The van der Waals surface area contributed by atoms with E-state index in [4.69, 9.17) is 19.5 Å². The molecule has 12 heteroatoms. The number of carbonyl (C=O) groups is 1. The normalized spacial score (nSPS) is 13.3. The maximum Gasteiger partial charge on any atom is 0.356 e. The topological polar surface area (TPSA) is 151 Å². The van der Waals surface area contributed by atoms with Crippen LogP contribution in [0.1, 0.15) is 18.9 Å². The number of nitrogen functional groups attached to an aromatic ring is 1. The molecule has 0 spiro atoms. The number of benzene rings is 1. The minimum absolute atomic E-state index is 0.0204. The molecule has 0 aliphatic heterocycles. The van der Waals surface area contributed by atoms with E-state index in [1.165, 1.54) is 6.33 Å². The molecule has 2 heterocycles. The van der Waals surface area contributed by atoms with E-state index >= 15 is 0 Å². The summed E-state index contributed by atoms with van der Waals surface area (Å²) in [7, 11) is -3.68. The average Bonchev–Trinajstić information content (AvgIpc) is 3.17. The fourth-order valence-electron chi connectivity index (χ4n) is 2.61. The lowest BCUT2D eigenvalue weighted by Gasteiger charge is -2.18. The SMILES string of the molecule is CCC(=O)COP(=O)(COCCn1cnc2c(=O)[nH]c(N)nc21)OCc1ccccc1. The Morgan fingerprint density at radius 2 is 2.03 bits per heavy atom. The number of hydrogen-bond acceptors (Lipinski definition) is 9. The molecule has 2 aromatic heterocycles. The number of rotatable bonds is 12. The van der Waals surface area contributed by atoms with E-state index in [1.54, 1.807) is 11.5 Å². The van der Waals surface area contributed by atoms with E-state index < -0.39 is 13.2 Å². The zero-order valence-corrected chi connectivity index (χ0v) is 17.9. The number of hydrogen-bond donors (Lipinski definition) is 2. The first-order chi connectivity index (χ1) is 14.9. The molecule has 3 aromatic rings. The molecule has 1 aromatic carbocycles. The quantitative estimate of drug-likeness (QED) is 0.313. The number of nitrogens with one attached hydrogen (secondary N) is 1. The first-order valence-corrected chi connectivity index (χ1v) is 11.3. The Labute approximate surface area is 178 Å². The number of nitrogens with zero attached hydrogens (tertiary/aromatic N) is 3. The monoisotopic (exact) mass is 449 g/mol. The van der Waals surface area contributed by atoms with Gasteiger partial charge in [0.25, 0.3) is 5.56 Å².